The van der Waals surface area contributed by atoms with E-state index in [0.29, 0.717) is 11.0 Å². The van der Waals surface area contributed by atoms with Crippen molar-refractivity contribution in [3.63, 3.8) is 0 Å². The van der Waals surface area contributed by atoms with Gasteiger partial charge in [-0.1, -0.05) is 0 Å². The molecule has 0 saturated carbocycles. The third kappa shape index (κ3) is 3.99. The van der Waals surface area contributed by atoms with Gasteiger partial charge in [-0.25, -0.2) is 9.78 Å². The summed E-state index contributed by atoms with van der Waals surface area (Å²) in [7, 11) is 3.34. The van der Waals surface area contributed by atoms with Crippen LogP contribution in [-0.2, 0) is 4.79 Å². The zero-order valence-electron chi connectivity index (χ0n) is 10.1. The average Bonchev–Trinajstić information content (AvgIpc) is 2.30. The number of carboxylic acids is 1. The summed E-state index contributed by atoms with van der Waals surface area (Å²) in [6.07, 6.45) is 1.78. The summed E-state index contributed by atoms with van der Waals surface area (Å²) in [6, 6.07) is 1.46. The molecule has 0 aliphatic heterocycles. The van der Waals surface area contributed by atoms with E-state index in [4.69, 9.17) is 5.11 Å². The second kappa shape index (κ2) is 6.34. The van der Waals surface area contributed by atoms with Crippen LogP contribution in [-0.4, -0.2) is 47.5 Å². The first-order chi connectivity index (χ1) is 8.41. The number of aromatic nitrogens is 1. The van der Waals surface area contributed by atoms with Gasteiger partial charge in [0.25, 0.3) is 0 Å². The molecule has 18 heavy (non-hydrogen) atoms. The molecule has 0 aliphatic carbocycles. The Hall–Kier alpha value is -1.63. The van der Waals surface area contributed by atoms with Crippen LogP contribution in [0.3, 0.4) is 0 Å². The van der Waals surface area contributed by atoms with Gasteiger partial charge in [-0.2, -0.15) is 0 Å². The van der Waals surface area contributed by atoms with E-state index >= 15 is 0 Å². The van der Waals surface area contributed by atoms with Crippen LogP contribution in [0.5, 0.6) is 0 Å². The lowest BCUT2D eigenvalue weighted by Crippen LogP contribution is -2.24. The topological polar surface area (TPSA) is 82.5 Å². The van der Waals surface area contributed by atoms with Crippen molar-refractivity contribution in [2.75, 3.05) is 26.0 Å². The minimum atomic E-state index is -1.06. The van der Waals surface area contributed by atoms with Gasteiger partial charge in [0.05, 0.1) is 0 Å². The van der Waals surface area contributed by atoms with Crippen LogP contribution in [0, 0.1) is 0 Å². The summed E-state index contributed by atoms with van der Waals surface area (Å²) >= 11 is 3.16. The van der Waals surface area contributed by atoms with Crippen molar-refractivity contribution in [2.45, 2.75) is 6.42 Å². The first-order valence-electron chi connectivity index (χ1n) is 5.24. The van der Waals surface area contributed by atoms with Crippen LogP contribution in [0.1, 0.15) is 16.8 Å². The molecule has 7 heteroatoms. The zero-order valence-corrected chi connectivity index (χ0v) is 11.7. The fraction of sp³-hybridized carbons (Fsp3) is 0.364. The molecular weight excluding hydrogens is 302 g/mol. The Kier molecular flexibility index (Phi) is 5.08. The van der Waals surface area contributed by atoms with Crippen molar-refractivity contribution in [2.24, 2.45) is 0 Å². The summed E-state index contributed by atoms with van der Waals surface area (Å²) in [5.74, 6) is -0.834. The van der Waals surface area contributed by atoms with Crippen LogP contribution in [0.2, 0.25) is 0 Å². The first kappa shape index (κ1) is 14.4. The molecule has 98 valence electrons. The highest BCUT2D eigenvalue weighted by Crippen LogP contribution is 2.17. The fourth-order valence-electron chi connectivity index (χ4n) is 1.25. The lowest BCUT2D eigenvalue weighted by molar-refractivity contribution is -0.128. The maximum Gasteiger partial charge on any atom is 0.339 e. The van der Waals surface area contributed by atoms with E-state index in [9.17, 15) is 9.59 Å². The minimum Gasteiger partial charge on any atom is -0.478 e. The smallest absolute Gasteiger partial charge is 0.339 e. The second-order valence-electron chi connectivity index (χ2n) is 3.82. The molecule has 1 heterocycles. The van der Waals surface area contributed by atoms with E-state index in [2.05, 4.69) is 26.2 Å². The molecule has 1 aromatic rings. The quantitative estimate of drug-likeness (QED) is 0.859. The summed E-state index contributed by atoms with van der Waals surface area (Å²) in [5.41, 5.74) is 0.0710. The maximum absolute atomic E-state index is 11.3. The predicted octanol–water partition coefficient (Wildman–Crippen LogP) is 1.43. The Labute approximate surface area is 113 Å². The molecule has 1 aromatic heterocycles. The number of pyridine rings is 1. The highest BCUT2D eigenvalue weighted by atomic mass is 79.9. The van der Waals surface area contributed by atoms with Gasteiger partial charge < -0.3 is 15.3 Å². The van der Waals surface area contributed by atoms with Gasteiger partial charge in [0.2, 0.25) is 5.91 Å². The van der Waals surface area contributed by atoms with E-state index in [1.54, 1.807) is 14.1 Å². The number of aromatic carboxylic acids is 1. The number of nitrogens with one attached hydrogen (secondary N) is 1. The Morgan fingerprint density at radius 2 is 2.17 bits per heavy atom. The van der Waals surface area contributed by atoms with Crippen LogP contribution < -0.4 is 5.32 Å². The molecule has 0 atom stereocenters. The van der Waals surface area contributed by atoms with E-state index in [-0.39, 0.29) is 23.7 Å². The van der Waals surface area contributed by atoms with Crippen molar-refractivity contribution < 1.29 is 14.7 Å². The number of halogens is 1. The standard InChI is InChI=1S/C11H14BrN3O3/c1-15(2)9(16)3-4-13-10-8(11(17)18)5-7(12)6-14-10/h5-6H,3-4H2,1-2H3,(H,13,14)(H,17,18). The van der Waals surface area contributed by atoms with Crippen molar-refractivity contribution in [1.29, 1.82) is 0 Å². The number of hydrogen-bond donors (Lipinski definition) is 2. The van der Waals surface area contributed by atoms with Gasteiger partial charge in [0.1, 0.15) is 11.4 Å². The van der Waals surface area contributed by atoms with Crippen LogP contribution >= 0.6 is 15.9 Å². The van der Waals surface area contributed by atoms with E-state index in [1.165, 1.54) is 17.2 Å². The third-order valence-corrected chi connectivity index (χ3v) is 2.65. The normalized spacial score (nSPS) is 9.94. The molecule has 0 spiro atoms. The van der Waals surface area contributed by atoms with E-state index in [1.807, 2.05) is 0 Å². The van der Waals surface area contributed by atoms with Crippen LogP contribution in [0.4, 0.5) is 5.82 Å². The molecule has 2 N–H and O–H groups in total. The number of amides is 1. The minimum absolute atomic E-state index is 0.0310. The Morgan fingerprint density at radius 3 is 2.72 bits per heavy atom. The van der Waals surface area contributed by atoms with Gasteiger partial charge in [-0.15, -0.1) is 0 Å². The number of rotatable bonds is 5. The summed E-state index contributed by atoms with van der Waals surface area (Å²) in [5, 5.41) is 11.9. The number of carboxylic acid groups (broad SMARTS) is 1. The zero-order chi connectivity index (χ0) is 13.7. The monoisotopic (exact) mass is 315 g/mol. The summed E-state index contributed by atoms with van der Waals surface area (Å²) in [4.78, 5) is 27.8. The molecule has 6 nitrogen and oxygen atoms in total. The number of anilines is 1. The highest BCUT2D eigenvalue weighted by Gasteiger charge is 2.12. The highest BCUT2D eigenvalue weighted by molar-refractivity contribution is 9.10. The lowest BCUT2D eigenvalue weighted by atomic mass is 10.2. The maximum atomic E-state index is 11.3. The third-order valence-electron chi connectivity index (χ3n) is 2.21. The summed E-state index contributed by atoms with van der Waals surface area (Å²) < 4.78 is 0.592. The van der Waals surface area contributed by atoms with Crippen LogP contribution in [0.25, 0.3) is 0 Å². The molecule has 1 rings (SSSR count). The SMILES string of the molecule is CN(C)C(=O)CCNc1ncc(Br)cc1C(=O)O. The molecule has 0 fully saturated rings. The van der Waals surface area contributed by atoms with Gasteiger partial charge >= 0.3 is 5.97 Å². The van der Waals surface area contributed by atoms with Crippen LogP contribution in [0.15, 0.2) is 16.7 Å². The summed E-state index contributed by atoms with van der Waals surface area (Å²) in [6.45, 7) is 0.339. The Morgan fingerprint density at radius 1 is 1.50 bits per heavy atom. The molecule has 0 radical (unpaired) electrons. The predicted molar refractivity (Wildman–Crippen MR) is 70.7 cm³/mol. The molecule has 0 aliphatic rings. The van der Waals surface area contributed by atoms with E-state index in [0.717, 1.165) is 0 Å². The largest absolute Gasteiger partial charge is 0.478 e. The van der Waals surface area contributed by atoms with Crippen molar-refractivity contribution >= 4 is 33.6 Å². The van der Waals surface area contributed by atoms with Gasteiger partial charge in [0, 0.05) is 37.7 Å². The van der Waals surface area contributed by atoms with Gasteiger partial charge in [-0.05, 0) is 22.0 Å². The number of nitrogens with zero attached hydrogens (tertiary/aromatic N) is 2. The van der Waals surface area contributed by atoms with Crippen molar-refractivity contribution in [3.8, 4) is 0 Å². The Bertz CT molecular complexity index is 463. The van der Waals surface area contributed by atoms with Crippen molar-refractivity contribution in [3.05, 3.63) is 22.3 Å². The van der Waals surface area contributed by atoms with Gasteiger partial charge in [-0.3, -0.25) is 4.79 Å². The molecule has 0 aromatic carbocycles. The van der Waals surface area contributed by atoms with Gasteiger partial charge in [0.15, 0.2) is 0 Å². The molecule has 0 saturated heterocycles. The Balaban J connectivity index is 2.68. The molecule has 0 bridgehead atoms. The first-order valence-corrected chi connectivity index (χ1v) is 6.04. The van der Waals surface area contributed by atoms with Crippen molar-refractivity contribution in [1.82, 2.24) is 9.88 Å². The number of hydrogen-bond acceptors (Lipinski definition) is 4. The number of carbonyl (C=O) groups excluding carboxylic acids is 1. The molecule has 1 amide bonds. The average molecular weight is 316 g/mol. The second-order valence-corrected chi connectivity index (χ2v) is 4.74. The fourth-order valence-corrected chi connectivity index (χ4v) is 1.59. The van der Waals surface area contributed by atoms with E-state index < -0.39 is 5.97 Å². The number of carbonyl (C=O) groups is 2. The lowest BCUT2D eigenvalue weighted by Gasteiger charge is -2.11. The molecular formula is C11H14BrN3O3. The molecule has 0 unspecified atom stereocenters.